The molecule has 50 heteroatoms. The van der Waals surface area contributed by atoms with Crippen molar-refractivity contribution < 1.29 is 200 Å². The van der Waals surface area contributed by atoms with Gasteiger partial charge < -0.3 is 165 Å². The third kappa shape index (κ3) is 93.5. The number of rotatable bonds is 89. The molecule has 0 aromatic rings. The summed E-state index contributed by atoms with van der Waals surface area (Å²) in [6.07, 6.45) is 0.918. The van der Waals surface area contributed by atoms with Gasteiger partial charge in [-0.3, -0.25) is 19.4 Å². The number of alkyl carbamates (subject to hydrolysis) is 4. The third-order valence-corrected chi connectivity index (χ3v) is 14.6. The summed E-state index contributed by atoms with van der Waals surface area (Å²) in [6.45, 7) is 13.8. The number of amides is 6. The van der Waals surface area contributed by atoms with Crippen molar-refractivity contribution in [3.8, 4) is 0 Å². The second-order valence-corrected chi connectivity index (χ2v) is 25.6. The first kappa shape index (κ1) is 122. The molecule has 0 aliphatic carbocycles. The van der Waals surface area contributed by atoms with Crippen LogP contribution in [0.5, 0.6) is 0 Å². The number of nitrogens with one attached hydrogen (secondary N) is 6. The molecule has 0 fully saturated rings. The first-order valence-corrected chi connectivity index (χ1v) is 42.7. The van der Waals surface area contributed by atoms with Gasteiger partial charge in [0.05, 0.1) is 185 Å². The zero-order chi connectivity index (χ0) is 95.0. The van der Waals surface area contributed by atoms with Crippen molar-refractivity contribution in [2.75, 3.05) is 370 Å². The summed E-state index contributed by atoms with van der Waals surface area (Å²) in [5.74, 6) is -6.66. The van der Waals surface area contributed by atoms with Crippen molar-refractivity contribution in [3.63, 3.8) is 0 Å². The highest BCUT2D eigenvalue weighted by atomic mass is 16.6. The van der Waals surface area contributed by atoms with E-state index in [0.717, 1.165) is 25.7 Å². The van der Waals surface area contributed by atoms with Gasteiger partial charge >= 0.3 is 72.1 Å². The van der Waals surface area contributed by atoms with E-state index in [1.54, 1.807) is 16.9 Å². The zero-order valence-electron chi connectivity index (χ0n) is 75.8. The predicted molar refractivity (Wildman–Crippen MR) is 445 cm³/mol. The summed E-state index contributed by atoms with van der Waals surface area (Å²) in [7, 11) is 1.54. The number of methoxy groups -OCH3 is 1. The highest BCUT2D eigenvalue weighted by Crippen LogP contribution is 2.00. The lowest BCUT2D eigenvalue weighted by Gasteiger charge is -2.21. The molecule has 0 heterocycles. The van der Waals surface area contributed by atoms with Gasteiger partial charge in [0, 0.05) is 79.2 Å². The van der Waals surface area contributed by atoms with E-state index in [4.69, 9.17) is 133 Å². The van der Waals surface area contributed by atoms with Crippen molar-refractivity contribution in [1.82, 2.24) is 41.7 Å². The lowest BCUT2D eigenvalue weighted by atomic mass is 10.4. The predicted octanol–water partition coefficient (Wildman–Crippen LogP) is -2.39. The molecule has 50 nitrogen and oxygen atoms in total. The molecule has 0 aromatic carbocycles. The summed E-state index contributed by atoms with van der Waals surface area (Å²) in [6, 6.07) is 0. The average molecular weight is 1880 g/mol. The van der Waals surface area contributed by atoms with Gasteiger partial charge in [0.25, 0.3) is 0 Å². The maximum Gasteiger partial charge on any atom is 0.407 e. The minimum absolute atomic E-state index is 0.0453. The van der Waals surface area contributed by atoms with Gasteiger partial charge in [0.2, 0.25) is 11.8 Å². The number of carbonyl (C=O) groups excluding carboxylic acids is 14. The Balaban J connectivity index is 0. The molecule has 0 saturated carbocycles. The second-order valence-electron chi connectivity index (χ2n) is 25.6. The van der Waals surface area contributed by atoms with E-state index >= 15 is 0 Å². The highest BCUT2D eigenvalue weighted by Gasteiger charge is 2.19. The smallest absolute Gasteiger partial charge is 0.407 e. The molecule has 0 radical (unpaired) electrons. The Hall–Kier alpha value is -8.94. The summed E-state index contributed by atoms with van der Waals surface area (Å²) >= 11 is 0. The van der Waals surface area contributed by atoms with E-state index in [1.165, 1.54) is 0 Å². The lowest BCUT2D eigenvalue weighted by molar-refractivity contribution is -0.158. The van der Waals surface area contributed by atoms with Gasteiger partial charge in [0.1, 0.15) is 106 Å². The zero-order valence-corrected chi connectivity index (χ0v) is 75.8. The normalized spacial score (nSPS) is 10.8. The molecule has 750 valence electrons. The van der Waals surface area contributed by atoms with E-state index < -0.39 is 125 Å². The molecule has 0 saturated heterocycles. The van der Waals surface area contributed by atoms with Crippen molar-refractivity contribution >= 4 is 83.9 Å². The highest BCUT2D eigenvalue weighted by molar-refractivity contribution is 5.79. The molecule has 6 N–H and O–H groups in total. The van der Waals surface area contributed by atoms with Crippen molar-refractivity contribution in [2.24, 2.45) is 0 Å². The summed E-state index contributed by atoms with van der Waals surface area (Å²) in [5.41, 5.74) is 0. The monoisotopic (exact) mass is 1870 g/mol. The minimum atomic E-state index is -0.768. The summed E-state index contributed by atoms with van der Waals surface area (Å²) < 4.78 is 144. The van der Waals surface area contributed by atoms with Crippen LogP contribution in [0.3, 0.4) is 0 Å². The molecule has 0 atom stereocenters. The Morgan fingerprint density at radius 1 is 0.194 bits per heavy atom. The largest absolute Gasteiger partial charge is 0.463 e. The van der Waals surface area contributed by atoms with E-state index in [1.807, 2.05) is 34.6 Å². The topological polar surface area (TPSA) is 576 Å². The van der Waals surface area contributed by atoms with Crippen LogP contribution in [0.4, 0.5) is 19.2 Å². The number of hydrogen-bond acceptors (Lipinski definition) is 44. The lowest BCUT2D eigenvalue weighted by Crippen LogP contribution is -2.41. The Kier molecular flexibility index (Phi) is 90.1. The fourth-order valence-electron chi connectivity index (χ4n) is 8.58. The molecule has 0 spiro atoms. The molecular formula is C79H142N8O42. The quantitative estimate of drug-likeness (QED) is 0.0210. The van der Waals surface area contributed by atoms with E-state index in [0.29, 0.717) is 85.6 Å². The number of nitrogens with zero attached hydrogens (tertiary/aromatic N) is 2. The van der Waals surface area contributed by atoms with Crippen LogP contribution in [0.15, 0.2) is 0 Å². The van der Waals surface area contributed by atoms with Gasteiger partial charge in [-0.2, -0.15) is 0 Å². The van der Waals surface area contributed by atoms with Gasteiger partial charge in [-0.25, -0.2) is 57.5 Å². The second kappa shape index (κ2) is 95.2. The first-order valence-electron chi connectivity index (χ1n) is 42.7. The van der Waals surface area contributed by atoms with Crippen LogP contribution in [-0.2, 0) is 181 Å². The molecule has 0 rings (SSSR count). The van der Waals surface area contributed by atoms with E-state index in [9.17, 15) is 67.1 Å². The number of hydrogen-bond donors (Lipinski definition) is 6. The number of esters is 8. The fourth-order valence-corrected chi connectivity index (χ4v) is 8.58. The van der Waals surface area contributed by atoms with Gasteiger partial charge in [-0.15, -0.1) is 0 Å². The van der Waals surface area contributed by atoms with Crippen LogP contribution in [0.25, 0.3) is 0 Å². The van der Waals surface area contributed by atoms with Crippen molar-refractivity contribution in [1.29, 1.82) is 0 Å². The molecule has 6 amide bonds. The van der Waals surface area contributed by atoms with Gasteiger partial charge in [0.15, 0.2) is 0 Å². The maximum atomic E-state index is 12.6. The van der Waals surface area contributed by atoms with Crippen LogP contribution in [-0.4, -0.2) is 463 Å². The van der Waals surface area contributed by atoms with Crippen molar-refractivity contribution in [3.05, 3.63) is 0 Å². The SMILES string of the molecule is CCCOC(=O)NCCOCCOCCOC(=O)COCC(=O)OCCN(CCOC(=O)COCC(=O)OCCOCCOCCNC(=O)OCCC)CC(=O)NCCOCCOC.CCCOC(=O)NCCOCCOCCOC(=O)COCC(=O)OCCN(CCOC(=O)COCC(=O)OCCOCCOCCNC(=O)OCCC)CC(=O)NCCOCCOCC. The number of ether oxygens (including phenoxy) is 28. The van der Waals surface area contributed by atoms with Crippen LogP contribution in [0.1, 0.15) is 60.3 Å². The summed E-state index contributed by atoms with van der Waals surface area (Å²) in [4.78, 5) is 170. The van der Waals surface area contributed by atoms with Gasteiger partial charge in [-0.1, -0.05) is 27.7 Å². The Bertz CT molecular complexity index is 2700. The van der Waals surface area contributed by atoms with E-state index in [2.05, 4.69) is 31.9 Å². The standard InChI is InChI=1S/C40H72N4O21.C39H70N4O21/c1-4-12-64-39(50)42-8-15-54-21-23-56-25-27-62-37(48)32-58-30-35(46)60-17-10-44(29-34(45)41-7-14-53-20-19-52-6-3)11-18-61-36(47)31-59-33-38(49)63-28-26-57-24-22-55-16-9-43-40(51)65-13-5-2;1-4-11-63-38(49)41-7-14-53-20-22-55-24-26-61-36(47)31-57-29-34(45)59-16-9-43(28-33(44)40-6-13-52-19-18-51-3)10-17-60-35(46)30-58-32-37(48)62-27-25-56-23-21-54-15-8-42-39(50)64-12-5-2/h4-33H2,1-3H3,(H,41,45)(H,42,50)(H,43,51);4-32H2,1-3H3,(H,40,44)(H,41,49)(H,42,50). The van der Waals surface area contributed by atoms with Crippen LogP contribution < -0.4 is 31.9 Å². The first-order chi connectivity index (χ1) is 62.7. The summed E-state index contributed by atoms with van der Waals surface area (Å²) in [5, 5.41) is 15.6. The van der Waals surface area contributed by atoms with Crippen molar-refractivity contribution in [2.45, 2.75) is 60.3 Å². The molecule has 0 unspecified atom stereocenters. The molecule has 0 aliphatic heterocycles. The van der Waals surface area contributed by atoms with E-state index in [-0.39, 0.29) is 236 Å². The van der Waals surface area contributed by atoms with Crippen LogP contribution in [0, 0.1) is 0 Å². The number of carbonyl (C=O) groups is 14. The average Bonchev–Trinajstić information content (AvgIpc) is 0.951. The maximum absolute atomic E-state index is 12.6. The molecular weight excluding hydrogens is 1730 g/mol. The minimum Gasteiger partial charge on any atom is -0.463 e. The molecule has 0 aromatic heterocycles. The van der Waals surface area contributed by atoms with Crippen LogP contribution in [0.2, 0.25) is 0 Å². The Labute approximate surface area is 752 Å². The van der Waals surface area contributed by atoms with Crippen LogP contribution >= 0.6 is 0 Å². The Morgan fingerprint density at radius 2 is 0.380 bits per heavy atom. The molecule has 0 bridgehead atoms. The molecule has 0 aliphatic rings. The fraction of sp³-hybridized carbons (Fsp3) is 0.823. The molecule has 129 heavy (non-hydrogen) atoms. The van der Waals surface area contributed by atoms with Gasteiger partial charge in [-0.05, 0) is 32.6 Å². The Morgan fingerprint density at radius 3 is 0.589 bits per heavy atom. The third-order valence-electron chi connectivity index (χ3n) is 14.6.